The van der Waals surface area contributed by atoms with Crippen molar-refractivity contribution in [3.05, 3.63) is 233 Å². The number of Topliss-reactive ketones (excluding diaryl/α,β-unsaturated/α-hetero) is 2. The Morgan fingerprint density at radius 1 is 0.561 bits per heavy atom. The van der Waals surface area contributed by atoms with Crippen LogP contribution < -0.4 is 10.2 Å². The van der Waals surface area contributed by atoms with Crippen LogP contribution in [-0.4, -0.2) is 146 Å². The van der Waals surface area contributed by atoms with Crippen LogP contribution in [0.1, 0.15) is 156 Å². The summed E-state index contributed by atoms with van der Waals surface area (Å²) in [5.74, 6) is -1.27. The standard InChI is InChI=1S/C23H24F3NO3.C23H28O4S2.C21H23ClO4S.C20H24ClNO5S/c24-23(25,26)18-7-3-8-19(13-18)27-14-17-10-11-21(28)20(17)9-2-5-15-4-1-6-16(12-15)22(29)30;1-14(2)15-5-3-7-17(11-15)28-13-19-18(20(24)12-21(19)25)8-4-6-16-9-10-22(29-16)23(26)27;22-17-5-2-6-18(10-17)27-13-16-7-8-20(23)19(16)12-26-11-14-3-1-4-15(9-14)21(24)25;1-22(13-4-2-12(21)3-5-13)9-15-16(18(24)8-17(15)23)11-27-10-14-6-7-19(28-14)20(25)26/h1,3-4,6-8,12-13,17,20,27H,2,5,9-11,14H2,(H,29,30);3,5,7,9-11,14,18-19,21,25H,4,6,8,12-13H2,1-2H3,(H,26,27);1-6,9-10,16,19-20,23H,7-8,11-13H2,(H,24,25);2-7,15-18,23-24H,8-11H2,1H3,(H,25,26)/t17-,20-;18-,19-,21?;16-,19-,20?;15-,16-,17?,18?/m1111/s1. The van der Waals surface area contributed by atoms with Crippen LogP contribution in [0.3, 0.4) is 0 Å². The number of aliphatic hydroxyl groups excluding tert-OH is 4. The lowest BCUT2D eigenvalue weighted by molar-refractivity contribution is -0.137. The number of thiophene rings is 2. The van der Waals surface area contributed by atoms with E-state index < -0.39 is 53.9 Å². The molecule has 27 heteroatoms. The normalized spacial score (nSPS) is 21.8. The quantitative estimate of drug-likeness (QED) is 0.0173. The zero-order valence-corrected chi connectivity index (χ0v) is 68.4. The van der Waals surface area contributed by atoms with Gasteiger partial charge in [-0.25, -0.2) is 19.2 Å². The Kier molecular flexibility index (Phi) is 34.9. The van der Waals surface area contributed by atoms with Gasteiger partial charge in [-0.15, -0.1) is 46.2 Å². The number of ether oxygens (including phenoxy) is 2. The van der Waals surface area contributed by atoms with Crippen molar-refractivity contribution in [1.29, 1.82) is 0 Å². The number of thioether (sulfide) groups is 2. The van der Waals surface area contributed by atoms with Crippen molar-refractivity contribution in [2.75, 3.05) is 55.1 Å². The molecule has 4 aliphatic rings. The SMILES string of the molecule is CC(C)c1cccc(SC[C@H]2C(O)CC(=O)[C@@H]2CCCc2ccc(C(=O)O)s2)c1.CN(C[C@H]1C(O)CC(O)[C@@H]1COCc1ccc(C(=O)O)s1)c1ccc(Cl)cc1.O=C(O)c1cccc(CCC[C@H]2C(=O)CC[C@@H]2CNc2cccc(C(F)(F)F)c2)c1.O=C(O)c1cccc(COC[C@H]2C(O)CC[C@@H]2CSc2cccc(Cl)c2)c1. The second-order valence-electron chi connectivity index (χ2n) is 29.7. The lowest BCUT2D eigenvalue weighted by Crippen LogP contribution is -2.36. The van der Waals surface area contributed by atoms with E-state index in [2.05, 4.69) is 43.4 Å². The molecule has 2 aromatic heterocycles. The van der Waals surface area contributed by atoms with E-state index in [0.717, 1.165) is 105 Å². The number of nitrogens with zero attached hydrogens (tertiary/aromatic N) is 1. The van der Waals surface area contributed by atoms with E-state index in [9.17, 15) is 62.4 Å². The molecular weight excluding hydrogens is 1590 g/mol. The minimum absolute atomic E-state index is 0.0203. The summed E-state index contributed by atoms with van der Waals surface area (Å²) in [7, 11) is 1.94. The number of carbonyl (C=O) groups is 6. The molecule has 0 bridgehead atoms. The molecule has 612 valence electrons. The number of halogens is 5. The number of aromatic carboxylic acids is 4. The fourth-order valence-electron chi connectivity index (χ4n) is 15.0. The number of hydrogen-bond donors (Lipinski definition) is 9. The molecule has 114 heavy (non-hydrogen) atoms. The van der Waals surface area contributed by atoms with E-state index in [0.29, 0.717) is 86.0 Å². The van der Waals surface area contributed by atoms with E-state index in [1.54, 1.807) is 84.2 Å². The summed E-state index contributed by atoms with van der Waals surface area (Å²) in [4.78, 5) is 75.7. The summed E-state index contributed by atoms with van der Waals surface area (Å²) >= 11 is 17.9. The Hall–Kier alpha value is -7.63. The van der Waals surface area contributed by atoms with Gasteiger partial charge in [0.25, 0.3) is 0 Å². The zero-order valence-electron chi connectivity index (χ0n) is 63.6. The van der Waals surface area contributed by atoms with Gasteiger partial charge in [0, 0.05) is 121 Å². The largest absolute Gasteiger partial charge is 0.478 e. The fourth-order valence-corrected chi connectivity index (χ4v) is 19.5. The maximum atomic E-state index is 12.9. The number of ketones is 2. The molecule has 2 heterocycles. The topological polar surface area (TPSA) is 298 Å². The van der Waals surface area contributed by atoms with Gasteiger partial charge in [0.1, 0.15) is 21.3 Å². The number of rotatable bonds is 33. The van der Waals surface area contributed by atoms with Crippen molar-refractivity contribution >= 4 is 116 Å². The van der Waals surface area contributed by atoms with Gasteiger partial charge in [0.05, 0.1) is 67.5 Å². The minimum atomic E-state index is -4.39. The van der Waals surface area contributed by atoms with Gasteiger partial charge >= 0.3 is 30.1 Å². The predicted octanol–water partition coefficient (Wildman–Crippen LogP) is 18.5. The van der Waals surface area contributed by atoms with Gasteiger partial charge in [0.15, 0.2) is 0 Å². The third kappa shape index (κ3) is 27.5. The highest BCUT2D eigenvalue weighted by atomic mass is 35.5. The Balaban J connectivity index is 0.000000174. The van der Waals surface area contributed by atoms with Gasteiger partial charge in [0.2, 0.25) is 0 Å². The van der Waals surface area contributed by atoms with E-state index in [-0.39, 0.29) is 88.1 Å². The van der Waals surface area contributed by atoms with E-state index >= 15 is 0 Å². The summed E-state index contributed by atoms with van der Waals surface area (Å²) in [6.07, 6.45) is 1.51. The van der Waals surface area contributed by atoms with Crippen LogP contribution in [0, 0.1) is 47.3 Å². The number of carboxylic acids is 4. The number of aliphatic hydroxyl groups is 4. The maximum Gasteiger partial charge on any atom is 0.416 e. The number of benzene rings is 6. The number of carboxylic acid groups (broad SMARTS) is 4. The third-order valence-corrected chi connectivity index (χ3v) is 26.4. The van der Waals surface area contributed by atoms with Crippen LogP contribution in [-0.2, 0) is 51.3 Å². The second-order valence-corrected chi connectivity index (χ2v) is 35.1. The summed E-state index contributed by atoms with van der Waals surface area (Å²) in [6, 6.07) is 49.2. The van der Waals surface area contributed by atoms with Crippen molar-refractivity contribution in [3.63, 3.8) is 0 Å². The van der Waals surface area contributed by atoms with Crippen LogP contribution in [0.5, 0.6) is 0 Å². The first-order valence-electron chi connectivity index (χ1n) is 38.2. The molecule has 4 aliphatic carbocycles. The summed E-state index contributed by atoms with van der Waals surface area (Å²) in [6.45, 7) is 6.78. The molecular formula is C87H99Cl2F3N2O16S4. The molecule has 12 rings (SSSR count). The number of alkyl halides is 3. The molecule has 0 amide bonds. The van der Waals surface area contributed by atoms with Crippen LogP contribution in [0.4, 0.5) is 24.5 Å². The summed E-state index contributed by atoms with van der Waals surface area (Å²) in [5, 5.41) is 82.2. The van der Waals surface area contributed by atoms with Crippen LogP contribution in [0.25, 0.3) is 0 Å². The van der Waals surface area contributed by atoms with Gasteiger partial charge in [-0.1, -0.05) is 85.6 Å². The Morgan fingerprint density at radius 2 is 1.16 bits per heavy atom. The van der Waals surface area contributed by atoms with Gasteiger partial charge < -0.3 is 60.5 Å². The van der Waals surface area contributed by atoms with Crippen molar-refractivity contribution in [1.82, 2.24) is 0 Å². The number of anilines is 2. The number of aryl methyl sites for hydroxylation is 2. The molecule has 6 aromatic carbocycles. The Labute approximate surface area is 689 Å². The zero-order chi connectivity index (χ0) is 82.2. The molecule has 8 aromatic rings. The first-order valence-corrected chi connectivity index (χ1v) is 42.5. The number of hydrogen-bond acceptors (Lipinski definition) is 18. The third-order valence-electron chi connectivity index (χ3n) is 21.4. The molecule has 0 spiro atoms. The number of nitrogens with one attached hydrogen (secondary N) is 1. The van der Waals surface area contributed by atoms with Crippen LogP contribution >= 0.6 is 69.4 Å². The van der Waals surface area contributed by atoms with Crippen molar-refractivity contribution in [3.8, 4) is 0 Å². The van der Waals surface area contributed by atoms with E-state index in [1.807, 2.05) is 78.7 Å². The highest BCUT2D eigenvalue weighted by Gasteiger charge is 2.44. The lowest BCUT2D eigenvalue weighted by atomic mass is 9.89. The molecule has 12 atom stereocenters. The monoisotopic (exact) mass is 1680 g/mol. The smallest absolute Gasteiger partial charge is 0.416 e. The molecule has 4 saturated carbocycles. The molecule has 0 radical (unpaired) electrons. The van der Waals surface area contributed by atoms with Crippen molar-refractivity contribution < 1.29 is 92.3 Å². The van der Waals surface area contributed by atoms with Gasteiger partial charge in [-0.3, -0.25) is 9.59 Å². The van der Waals surface area contributed by atoms with E-state index in [4.69, 9.17) is 53.1 Å². The number of carbonyl (C=O) groups excluding carboxylic acids is 2. The second kappa shape index (κ2) is 44.1. The molecule has 4 unspecified atom stereocenters. The minimum Gasteiger partial charge on any atom is -0.478 e. The molecule has 18 nitrogen and oxygen atoms in total. The van der Waals surface area contributed by atoms with E-state index in [1.165, 1.54) is 39.2 Å². The Bertz CT molecular complexity index is 4470. The first-order chi connectivity index (χ1) is 54.5. The fraction of sp³-hybridized carbons (Fsp3) is 0.425. The van der Waals surface area contributed by atoms with Crippen LogP contribution in [0.2, 0.25) is 10.0 Å². The maximum absolute atomic E-state index is 12.9. The summed E-state index contributed by atoms with van der Waals surface area (Å²) in [5.41, 5.74) is 4.22. The predicted molar refractivity (Wildman–Crippen MR) is 442 cm³/mol. The molecule has 9 N–H and O–H groups in total. The Morgan fingerprint density at radius 3 is 1.82 bits per heavy atom. The molecule has 4 fully saturated rings. The van der Waals surface area contributed by atoms with Crippen molar-refractivity contribution in [2.45, 2.75) is 150 Å². The summed E-state index contributed by atoms with van der Waals surface area (Å²) < 4.78 is 50.2. The highest BCUT2D eigenvalue weighted by Crippen LogP contribution is 2.41. The van der Waals surface area contributed by atoms with Gasteiger partial charge in [-0.2, -0.15) is 13.2 Å². The lowest BCUT2D eigenvalue weighted by Gasteiger charge is -2.29. The first kappa shape index (κ1) is 90.3. The average Bonchev–Trinajstić information content (AvgIpc) is 1.67. The van der Waals surface area contributed by atoms with Gasteiger partial charge in [-0.05, 0) is 220 Å². The molecule has 0 saturated heterocycles. The average molecular weight is 1680 g/mol. The highest BCUT2D eigenvalue weighted by molar-refractivity contribution is 7.99. The van der Waals surface area contributed by atoms with Crippen LogP contribution in [0.15, 0.2) is 180 Å². The van der Waals surface area contributed by atoms with Crippen molar-refractivity contribution in [2.24, 2.45) is 47.3 Å². The molecule has 0 aliphatic heterocycles.